The maximum absolute atomic E-state index is 11.0. The maximum atomic E-state index is 11.0. The lowest BCUT2D eigenvalue weighted by Gasteiger charge is -2.19. The van der Waals surface area contributed by atoms with E-state index >= 15 is 0 Å². The second kappa shape index (κ2) is 12.5. The first-order valence-electron chi connectivity index (χ1n) is 7.98. The molecule has 3 nitrogen and oxygen atoms in total. The summed E-state index contributed by atoms with van der Waals surface area (Å²) in [6.45, 7) is 2.25. The first-order chi connectivity index (χ1) is 9.09. The van der Waals surface area contributed by atoms with Crippen LogP contribution in [0.3, 0.4) is 0 Å². The normalized spacial score (nSPS) is 12.8. The van der Waals surface area contributed by atoms with E-state index in [4.69, 9.17) is 5.11 Å². The lowest BCUT2D eigenvalue weighted by Crippen LogP contribution is -2.35. The van der Waals surface area contributed by atoms with Gasteiger partial charge in [0, 0.05) is 0 Å². The molecular weight excluding hydrogens is 238 g/mol. The molecule has 0 heterocycles. The van der Waals surface area contributed by atoms with Crippen LogP contribution in [0.5, 0.6) is 0 Å². The fourth-order valence-electron chi connectivity index (χ4n) is 2.43. The molecule has 0 aromatic carbocycles. The van der Waals surface area contributed by atoms with Crippen molar-refractivity contribution in [3.63, 3.8) is 0 Å². The molecule has 1 atom stereocenters. The zero-order chi connectivity index (χ0) is 14.5. The van der Waals surface area contributed by atoms with Gasteiger partial charge in [0.05, 0.1) is 0 Å². The molecular formula is C16H33NO2. The van der Waals surface area contributed by atoms with Gasteiger partial charge in [0.1, 0.15) is 6.04 Å². The minimum atomic E-state index is -0.694. The molecule has 0 fully saturated rings. The van der Waals surface area contributed by atoms with Gasteiger partial charge in [-0.1, -0.05) is 71.1 Å². The van der Waals surface area contributed by atoms with Crippen molar-refractivity contribution >= 4 is 5.97 Å². The Morgan fingerprint density at radius 2 is 1.32 bits per heavy atom. The largest absolute Gasteiger partial charge is 0.480 e. The van der Waals surface area contributed by atoms with Crippen molar-refractivity contribution in [3.8, 4) is 0 Å². The van der Waals surface area contributed by atoms with Crippen LogP contribution in [0.4, 0.5) is 0 Å². The lowest BCUT2D eigenvalue weighted by atomic mass is 10.0. The second-order valence-corrected chi connectivity index (χ2v) is 5.79. The van der Waals surface area contributed by atoms with Gasteiger partial charge in [-0.25, -0.2) is 0 Å². The third-order valence-electron chi connectivity index (χ3n) is 3.74. The topological polar surface area (TPSA) is 40.5 Å². The third-order valence-corrected chi connectivity index (χ3v) is 3.74. The number of hydrogen-bond acceptors (Lipinski definition) is 2. The average Bonchev–Trinajstić information content (AvgIpc) is 2.35. The van der Waals surface area contributed by atoms with Gasteiger partial charge in [-0.15, -0.1) is 0 Å². The van der Waals surface area contributed by atoms with Gasteiger partial charge < -0.3 is 5.11 Å². The number of hydrogen-bond donors (Lipinski definition) is 1. The van der Waals surface area contributed by atoms with E-state index in [0.717, 1.165) is 12.8 Å². The Bertz CT molecular complexity index is 217. The Labute approximate surface area is 119 Å². The molecule has 0 aliphatic rings. The zero-order valence-corrected chi connectivity index (χ0v) is 13.2. The maximum Gasteiger partial charge on any atom is 0.320 e. The van der Waals surface area contributed by atoms with Gasteiger partial charge in [0.2, 0.25) is 0 Å². The SMILES string of the molecule is CCCCCCCCCCCC[C@H](C(=O)O)N(C)C. The van der Waals surface area contributed by atoms with Crippen molar-refractivity contribution in [1.82, 2.24) is 4.90 Å². The molecule has 0 aliphatic heterocycles. The fourth-order valence-corrected chi connectivity index (χ4v) is 2.43. The molecule has 0 saturated heterocycles. The average molecular weight is 271 g/mol. The van der Waals surface area contributed by atoms with E-state index in [0.29, 0.717) is 0 Å². The quantitative estimate of drug-likeness (QED) is 0.507. The summed E-state index contributed by atoms with van der Waals surface area (Å²) in [5.74, 6) is -0.694. The van der Waals surface area contributed by atoms with Crippen LogP contribution in [-0.4, -0.2) is 36.1 Å². The second-order valence-electron chi connectivity index (χ2n) is 5.79. The Hall–Kier alpha value is -0.570. The molecule has 0 spiro atoms. The Kier molecular flexibility index (Phi) is 12.1. The molecule has 0 aromatic rings. The summed E-state index contributed by atoms with van der Waals surface area (Å²) >= 11 is 0. The van der Waals surface area contributed by atoms with Gasteiger partial charge in [-0.3, -0.25) is 9.69 Å². The van der Waals surface area contributed by atoms with E-state index in [1.807, 2.05) is 14.1 Å². The number of carboxylic acids is 1. The van der Waals surface area contributed by atoms with Gasteiger partial charge in [0.15, 0.2) is 0 Å². The highest BCUT2D eigenvalue weighted by molar-refractivity contribution is 5.73. The summed E-state index contributed by atoms with van der Waals surface area (Å²) in [5.41, 5.74) is 0. The predicted octanol–water partition coefficient (Wildman–Crippen LogP) is 4.31. The molecule has 0 unspecified atom stereocenters. The predicted molar refractivity (Wildman–Crippen MR) is 81.6 cm³/mol. The van der Waals surface area contributed by atoms with Crippen LogP contribution in [0.2, 0.25) is 0 Å². The molecule has 114 valence electrons. The number of nitrogens with zero attached hydrogens (tertiary/aromatic N) is 1. The molecule has 0 saturated carbocycles. The van der Waals surface area contributed by atoms with E-state index in [2.05, 4.69) is 6.92 Å². The summed E-state index contributed by atoms with van der Waals surface area (Å²) < 4.78 is 0. The van der Waals surface area contributed by atoms with E-state index in [1.165, 1.54) is 57.8 Å². The van der Waals surface area contributed by atoms with Crippen molar-refractivity contribution in [3.05, 3.63) is 0 Å². The monoisotopic (exact) mass is 271 g/mol. The first-order valence-corrected chi connectivity index (χ1v) is 7.98. The highest BCUT2D eigenvalue weighted by Gasteiger charge is 2.18. The Balaban J connectivity index is 3.32. The summed E-state index contributed by atoms with van der Waals surface area (Å²) in [6, 6.07) is -0.311. The molecule has 0 aromatic heterocycles. The Morgan fingerprint density at radius 3 is 1.68 bits per heavy atom. The zero-order valence-electron chi connectivity index (χ0n) is 13.2. The summed E-state index contributed by atoms with van der Waals surface area (Å²) in [5, 5.41) is 9.05. The van der Waals surface area contributed by atoms with Gasteiger partial charge >= 0.3 is 5.97 Å². The summed E-state index contributed by atoms with van der Waals surface area (Å²) in [4.78, 5) is 12.8. The number of likely N-dealkylation sites (N-methyl/N-ethyl adjacent to an activating group) is 1. The van der Waals surface area contributed by atoms with Crippen LogP contribution in [0.1, 0.15) is 77.6 Å². The smallest absolute Gasteiger partial charge is 0.320 e. The molecule has 0 bridgehead atoms. The molecule has 19 heavy (non-hydrogen) atoms. The molecule has 0 rings (SSSR count). The van der Waals surface area contributed by atoms with E-state index in [1.54, 1.807) is 4.90 Å². The van der Waals surface area contributed by atoms with Crippen LogP contribution in [0, 0.1) is 0 Å². The highest BCUT2D eigenvalue weighted by atomic mass is 16.4. The molecule has 0 amide bonds. The van der Waals surface area contributed by atoms with E-state index in [9.17, 15) is 4.79 Å². The fraction of sp³-hybridized carbons (Fsp3) is 0.938. The van der Waals surface area contributed by atoms with Gasteiger partial charge in [-0.05, 0) is 20.5 Å². The van der Waals surface area contributed by atoms with Crippen molar-refractivity contribution in [2.24, 2.45) is 0 Å². The van der Waals surface area contributed by atoms with E-state index in [-0.39, 0.29) is 6.04 Å². The van der Waals surface area contributed by atoms with Gasteiger partial charge in [-0.2, -0.15) is 0 Å². The van der Waals surface area contributed by atoms with Crippen LogP contribution >= 0.6 is 0 Å². The van der Waals surface area contributed by atoms with Crippen LogP contribution in [0.15, 0.2) is 0 Å². The van der Waals surface area contributed by atoms with Gasteiger partial charge in [0.25, 0.3) is 0 Å². The summed E-state index contributed by atoms with van der Waals surface area (Å²) in [6.07, 6.45) is 13.7. The minimum Gasteiger partial charge on any atom is -0.480 e. The molecule has 0 aliphatic carbocycles. The number of carbonyl (C=O) groups is 1. The third kappa shape index (κ3) is 11.0. The van der Waals surface area contributed by atoms with Crippen molar-refractivity contribution < 1.29 is 9.90 Å². The minimum absolute atomic E-state index is 0.311. The van der Waals surface area contributed by atoms with Crippen molar-refractivity contribution in [2.45, 2.75) is 83.6 Å². The summed E-state index contributed by atoms with van der Waals surface area (Å²) in [7, 11) is 3.68. The van der Waals surface area contributed by atoms with Crippen molar-refractivity contribution in [1.29, 1.82) is 0 Å². The number of aliphatic carboxylic acids is 1. The van der Waals surface area contributed by atoms with Crippen LogP contribution in [-0.2, 0) is 4.79 Å². The number of rotatable bonds is 13. The molecule has 3 heteroatoms. The Morgan fingerprint density at radius 1 is 0.895 bits per heavy atom. The first kappa shape index (κ1) is 18.4. The number of carboxylic acid groups (broad SMARTS) is 1. The molecule has 1 N–H and O–H groups in total. The standard InChI is InChI=1S/C16H33NO2/c1-4-5-6-7-8-9-10-11-12-13-14-15(16(18)19)17(2)3/h15H,4-14H2,1-3H3,(H,18,19)/t15-/m1/s1. The highest BCUT2D eigenvalue weighted by Crippen LogP contribution is 2.13. The van der Waals surface area contributed by atoms with Crippen molar-refractivity contribution in [2.75, 3.05) is 14.1 Å². The van der Waals surface area contributed by atoms with E-state index < -0.39 is 5.97 Å². The number of unbranched alkanes of at least 4 members (excludes halogenated alkanes) is 9. The lowest BCUT2D eigenvalue weighted by molar-refractivity contribution is -0.142. The van der Waals surface area contributed by atoms with Crippen LogP contribution < -0.4 is 0 Å². The van der Waals surface area contributed by atoms with Crippen LogP contribution in [0.25, 0.3) is 0 Å². The molecule has 0 radical (unpaired) electrons.